The van der Waals surface area contributed by atoms with E-state index in [-0.39, 0.29) is 5.38 Å². The van der Waals surface area contributed by atoms with Gasteiger partial charge in [0.2, 0.25) is 0 Å². The molecule has 0 aromatic heterocycles. The van der Waals surface area contributed by atoms with E-state index in [2.05, 4.69) is 38.1 Å². The lowest BCUT2D eigenvalue weighted by Crippen LogP contribution is -1.93. The number of hydrogen-bond donors (Lipinski definition) is 0. The van der Waals surface area contributed by atoms with Crippen LogP contribution in [0.15, 0.2) is 24.3 Å². The second kappa shape index (κ2) is 5.05. The fourth-order valence-corrected chi connectivity index (χ4v) is 2.74. The smallest absolute Gasteiger partial charge is 0.0521 e. The van der Waals surface area contributed by atoms with Gasteiger partial charge in [-0.2, -0.15) is 0 Å². The monoisotopic (exact) mass is 234 g/mol. The summed E-state index contributed by atoms with van der Waals surface area (Å²) in [6.07, 6.45) is 7.07. The first kappa shape index (κ1) is 11.7. The lowest BCUT2D eigenvalue weighted by Gasteiger charge is -2.10. The maximum Gasteiger partial charge on any atom is 0.0521 e. The molecule has 0 spiro atoms. The highest BCUT2D eigenvalue weighted by Crippen LogP contribution is 2.30. The lowest BCUT2D eigenvalue weighted by atomic mass is 9.95. The molecule has 0 heterocycles. The summed E-state index contributed by atoms with van der Waals surface area (Å²) in [6.45, 7) is 4.33. The summed E-state index contributed by atoms with van der Waals surface area (Å²) in [4.78, 5) is 0. The van der Waals surface area contributed by atoms with E-state index in [1.165, 1.54) is 41.5 Å². The maximum atomic E-state index is 6.27. The second-order valence-corrected chi connectivity index (χ2v) is 5.33. The van der Waals surface area contributed by atoms with Crippen molar-refractivity contribution in [3.63, 3.8) is 0 Å². The minimum atomic E-state index is 0.221. The Morgan fingerprint density at radius 3 is 2.75 bits per heavy atom. The summed E-state index contributed by atoms with van der Waals surface area (Å²) in [5, 5.41) is 0.221. The van der Waals surface area contributed by atoms with Gasteiger partial charge < -0.3 is 0 Å². The Bertz CT molecular complexity index is 404. The van der Waals surface area contributed by atoms with Gasteiger partial charge in [-0.15, -0.1) is 11.6 Å². The molecule has 1 aromatic rings. The number of hydrogen-bond acceptors (Lipinski definition) is 0. The van der Waals surface area contributed by atoms with Crippen LogP contribution in [-0.4, -0.2) is 5.38 Å². The molecule has 1 unspecified atom stereocenters. The lowest BCUT2D eigenvalue weighted by molar-refractivity contribution is 0.724. The number of allylic oxidation sites excluding steroid dienone is 2. The molecule has 0 fully saturated rings. The van der Waals surface area contributed by atoms with Gasteiger partial charge in [-0.3, -0.25) is 0 Å². The van der Waals surface area contributed by atoms with Gasteiger partial charge >= 0.3 is 0 Å². The van der Waals surface area contributed by atoms with E-state index in [0.29, 0.717) is 0 Å². The number of halogens is 1. The first-order chi connectivity index (χ1) is 7.66. The zero-order valence-electron chi connectivity index (χ0n) is 10.1. The average molecular weight is 235 g/mol. The van der Waals surface area contributed by atoms with Crippen LogP contribution in [0.5, 0.6) is 0 Å². The standard InChI is InChI=1S/C15H19Cl/c1-11-7-8-15(12(2)9-11)13-5-3-4-6-14(16)10-13/h7-10,14H,3-6H2,1-2H3. The van der Waals surface area contributed by atoms with Gasteiger partial charge in [0, 0.05) is 0 Å². The third-order valence-corrected chi connectivity index (χ3v) is 3.63. The van der Waals surface area contributed by atoms with Crippen LogP contribution < -0.4 is 0 Å². The molecule has 16 heavy (non-hydrogen) atoms. The third-order valence-electron chi connectivity index (χ3n) is 3.29. The zero-order valence-corrected chi connectivity index (χ0v) is 10.8. The van der Waals surface area contributed by atoms with Gasteiger partial charge in [0.1, 0.15) is 0 Å². The van der Waals surface area contributed by atoms with Crippen molar-refractivity contribution in [3.05, 3.63) is 41.0 Å². The van der Waals surface area contributed by atoms with E-state index in [1.807, 2.05) is 0 Å². The van der Waals surface area contributed by atoms with Crippen LogP contribution in [0.2, 0.25) is 0 Å². The van der Waals surface area contributed by atoms with E-state index < -0.39 is 0 Å². The first-order valence-electron chi connectivity index (χ1n) is 6.09. The molecule has 0 saturated carbocycles. The summed E-state index contributed by atoms with van der Waals surface area (Å²) < 4.78 is 0. The van der Waals surface area contributed by atoms with Crippen molar-refractivity contribution in [2.75, 3.05) is 0 Å². The molecular weight excluding hydrogens is 216 g/mol. The van der Waals surface area contributed by atoms with Crippen molar-refractivity contribution in [1.82, 2.24) is 0 Å². The van der Waals surface area contributed by atoms with Gasteiger partial charge in [0.05, 0.1) is 5.38 Å². The Hall–Kier alpha value is -0.750. The predicted molar refractivity (Wildman–Crippen MR) is 72.0 cm³/mol. The van der Waals surface area contributed by atoms with Crippen LogP contribution in [0, 0.1) is 13.8 Å². The molecular formula is C15H19Cl. The van der Waals surface area contributed by atoms with Crippen LogP contribution in [0.25, 0.3) is 5.57 Å². The molecule has 1 aromatic carbocycles. The Kier molecular flexibility index (Phi) is 3.70. The highest BCUT2D eigenvalue weighted by molar-refractivity contribution is 6.22. The Morgan fingerprint density at radius 2 is 2.00 bits per heavy atom. The number of alkyl halides is 1. The Morgan fingerprint density at radius 1 is 1.19 bits per heavy atom. The predicted octanol–water partition coefficient (Wildman–Crippen LogP) is 4.87. The van der Waals surface area contributed by atoms with Gasteiger partial charge in [-0.1, -0.05) is 36.3 Å². The summed E-state index contributed by atoms with van der Waals surface area (Å²) in [7, 11) is 0. The van der Waals surface area contributed by atoms with E-state index in [9.17, 15) is 0 Å². The molecule has 0 saturated heterocycles. The van der Waals surface area contributed by atoms with Gasteiger partial charge in [-0.05, 0) is 49.8 Å². The average Bonchev–Trinajstić information content (AvgIpc) is 2.43. The summed E-state index contributed by atoms with van der Waals surface area (Å²) in [5.74, 6) is 0. The largest absolute Gasteiger partial charge is 0.118 e. The van der Waals surface area contributed by atoms with Crippen molar-refractivity contribution < 1.29 is 0 Å². The van der Waals surface area contributed by atoms with Gasteiger partial charge in [0.25, 0.3) is 0 Å². The molecule has 86 valence electrons. The van der Waals surface area contributed by atoms with Crippen molar-refractivity contribution in [1.29, 1.82) is 0 Å². The maximum absolute atomic E-state index is 6.27. The molecule has 0 aliphatic heterocycles. The molecule has 1 heteroatoms. The molecule has 0 amide bonds. The van der Waals surface area contributed by atoms with Crippen molar-refractivity contribution in [3.8, 4) is 0 Å². The van der Waals surface area contributed by atoms with Crippen LogP contribution in [0.3, 0.4) is 0 Å². The summed E-state index contributed by atoms with van der Waals surface area (Å²) >= 11 is 6.27. The first-order valence-corrected chi connectivity index (χ1v) is 6.53. The highest BCUT2D eigenvalue weighted by atomic mass is 35.5. The fourth-order valence-electron chi connectivity index (χ4n) is 2.44. The number of rotatable bonds is 1. The number of aryl methyl sites for hydroxylation is 2. The van der Waals surface area contributed by atoms with Crippen molar-refractivity contribution in [2.24, 2.45) is 0 Å². The van der Waals surface area contributed by atoms with Crippen LogP contribution in [0.1, 0.15) is 42.4 Å². The summed E-state index contributed by atoms with van der Waals surface area (Å²) in [6, 6.07) is 6.69. The van der Waals surface area contributed by atoms with Crippen molar-refractivity contribution >= 4 is 17.2 Å². The molecule has 0 nitrogen and oxygen atoms in total. The van der Waals surface area contributed by atoms with Crippen LogP contribution >= 0.6 is 11.6 Å². The quantitative estimate of drug-likeness (QED) is 0.609. The van der Waals surface area contributed by atoms with E-state index in [0.717, 1.165) is 6.42 Å². The fraction of sp³-hybridized carbons (Fsp3) is 0.467. The topological polar surface area (TPSA) is 0 Å². The molecule has 2 rings (SSSR count). The minimum Gasteiger partial charge on any atom is -0.118 e. The minimum absolute atomic E-state index is 0.221. The van der Waals surface area contributed by atoms with Gasteiger partial charge in [0.15, 0.2) is 0 Å². The molecule has 0 N–H and O–H groups in total. The highest BCUT2D eigenvalue weighted by Gasteiger charge is 2.12. The van der Waals surface area contributed by atoms with E-state index in [4.69, 9.17) is 11.6 Å². The van der Waals surface area contributed by atoms with E-state index in [1.54, 1.807) is 0 Å². The molecule has 0 radical (unpaired) electrons. The normalized spacial score (nSPS) is 21.4. The Labute approximate surface area is 103 Å². The molecule has 0 bridgehead atoms. The second-order valence-electron chi connectivity index (χ2n) is 4.77. The Balaban J connectivity index is 2.35. The third kappa shape index (κ3) is 2.68. The SMILES string of the molecule is Cc1ccc(C2=CC(Cl)CCCC2)c(C)c1. The van der Waals surface area contributed by atoms with Crippen LogP contribution in [-0.2, 0) is 0 Å². The number of benzene rings is 1. The van der Waals surface area contributed by atoms with E-state index >= 15 is 0 Å². The molecule has 1 atom stereocenters. The molecule has 1 aliphatic carbocycles. The molecule has 1 aliphatic rings. The van der Waals surface area contributed by atoms with Crippen LogP contribution in [0.4, 0.5) is 0 Å². The van der Waals surface area contributed by atoms with Crippen molar-refractivity contribution in [2.45, 2.75) is 44.9 Å². The zero-order chi connectivity index (χ0) is 11.5. The summed E-state index contributed by atoms with van der Waals surface area (Å²) in [5.41, 5.74) is 5.53. The van der Waals surface area contributed by atoms with Gasteiger partial charge in [-0.25, -0.2) is 0 Å².